The van der Waals surface area contributed by atoms with E-state index >= 15 is 0 Å². The third-order valence-corrected chi connectivity index (χ3v) is 2.81. The smallest absolute Gasteiger partial charge is 0.241 e. The molecule has 0 aliphatic rings. The fourth-order valence-corrected chi connectivity index (χ4v) is 1.89. The van der Waals surface area contributed by atoms with Crippen LogP contribution in [0.25, 0.3) is 0 Å². The van der Waals surface area contributed by atoms with Crippen LogP contribution in [0, 0.1) is 13.8 Å². The van der Waals surface area contributed by atoms with Crippen molar-refractivity contribution in [1.82, 2.24) is 4.98 Å². The minimum atomic E-state index is -0.362. The molecule has 2 rings (SSSR count). The molecule has 0 aliphatic carbocycles. The summed E-state index contributed by atoms with van der Waals surface area (Å²) in [4.78, 5) is 4.35. The van der Waals surface area contributed by atoms with Gasteiger partial charge in [0.15, 0.2) is 0 Å². The third-order valence-electron chi connectivity index (χ3n) is 2.81. The number of nitrogens with two attached hydrogens (primary N) is 1. The van der Waals surface area contributed by atoms with E-state index < -0.39 is 0 Å². The van der Waals surface area contributed by atoms with Crippen molar-refractivity contribution < 1.29 is 9.47 Å². The Morgan fingerprint density at radius 1 is 1.05 bits per heavy atom. The lowest BCUT2D eigenvalue weighted by Gasteiger charge is -2.21. The summed E-state index contributed by atoms with van der Waals surface area (Å²) in [7, 11) is 0. The van der Waals surface area contributed by atoms with E-state index in [-0.39, 0.29) is 5.60 Å². The molecule has 0 fully saturated rings. The number of hydrogen-bond acceptors (Lipinski definition) is 4. The normalized spacial score (nSPS) is 11.3. The van der Waals surface area contributed by atoms with E-state index in [0.29, 0.717) is 17.4 Å². The number of ether oxygens (including phenoxy) is 2. The molecule has 1 aromatic heterocycles. The summed E-state index contributed by atoms with van der Waals surface area (Å²) in [5, 5.41) is 0. The molecule has 112 valence electrons. The molecular weight excluding hydrogens is 264 g/mol. The SMILES string of the molecule is Cc1ccc(Oc2ccc(N)c(OC(C)(C)C)n2)c(C)c1. The van der Waals surface area contributed by atoms with E-state index in [0.717, 1.165) is 11.3 Å². The van der Waals surface area contributed by atoms with Gasteiger partial charge in [-0.15, -0.1) is 0 Å². The maximum atomic E-state index is 5.90. The molecule has 2 N–H and O–H groups in total. The number of nitrogen functional groups attached to an aromatic ring is 1. The van der Waals surface area contributed by atoms with E-state index in [1.165, 1.54) is 5.56 Å². The summed E-state index contributed by atoms with van der Waals surface area (Å²) in [6.07, 6.45) is 0. The van der Waals surface area contributed by atoms with Crippen LogP contribution in [0.1, 0.15) is 31.9 Å². The molecule has 0 bridgehead atoms. The van der Waals surface area contributed by atoms with Crippen molar-refractivity contribution in [3.05, 3.63) is 41.5 Å². The molecule has 1 aromatic carbocycles. The number of rotatable bonds is 3. The molecule has 4 nitrogen and oxygen atoms in total. The van der Waals surface area contributed by atoms with Crippen LogP contribution in [0.3, 0.4) is 0 Å². The zero-order valence-electron chi connectivity index (χ0n) is 13.2. The molecule has 0 radical (unpaired) electrons. The Balaban J connectivity index is 2.26. The first-order valence-corrected chi connectivity index (χ1v) is 6.95. The maximum absolute atomic E-state index is 5.90. The Kier molecular flexibility index (Phi) is 4.07. The van der Waals surface area contributed by atoms with Gasteiger partial charge in [0.1, 0.15) is 11.4 Å². The summed E-state index contributed by atoms with van der Waals surface area (Å²) < 4.78 is 11.6. The Hall–Kier alpha value is -2.23. The molecule has 0 spiro atoms. The van der Waals surface area contributed by atoms with Gasteiger partial charge in [0.2, 0.25) is 11.8 Å². The van der Waals surface area contributed by atoms with Gasteiger partial charge in [0.25, 0.3) is 0 Å². The molecule has 0 saturated heterocycles. The first kappa shape index (κ1) is 15.2. The van der Waals surface area contributed by atoms with E-state index in [2.05, 4.69) is 11.1 Å². The second-order valence-corrected chi connectivity index (χ2v) is 6.13. The first-order chi connectivity index (χ1) is 9.74. The van der Waals surface area contributed by atoms with Crippen molar-refractivity contribution in [2.45, 2.75) is 40.2 Å². The van der Waals surface area contributed by atoms with E-state index in [9.17, 15) is 0 Å². The van der Waals surface area contributed by atoms with Gasteiger partial charge in [0, 0.05) is 6.07 Å². The number of aromatic nitrogens is 1. The third kappa shape index (κ3) is 4.12. The zero-order chi connectivity index (χ0) is 15.6. The van der Waals surface area contributed by atoms with E-state index in [4.69, 9.17) is 15.2 Å². The van der Waals surface area contributed by atoms with Crippen LogP contribution in [0.2, 0.25) is 0 Å². The molecule has 0 aliphatic heterocycles. The van der Waals surface area contributed by atoms with Gasteiger partial charge in [-0.1, -0.05) is 17.7 Å². The van der Waals surface area contributed by atoms with Crippen LogP contribution in [0.4, 0.5) is 5.69 Å². The van der Waals surface area contributed by atoms with Crippen molar-refractivity contribution in [2.24, 2.45) is 0 Å². The highest BCUT2D eigenvalue weighted by molar-refractivity contribution is 5.50. The largest absolute Gasteiger partial charge is 0.470 e. The average Bonchev–Trinajstić information content (AvgIpc) is 2.35. The topological polar surface area (TPSA) is 57.4 Å². The summed E-state index contributed by atoms with van der Waals surface area (Å²) in [6, 6.07) is 9.50. The number of pyridine rings is 1. The van der Waals surface area contributed by atoms with Crippen LogP contribution >= 0.6 is 0 Å². The van der Waals surface area contributed by atoms with Crippen molar-refractivity contribution in [3.63, 3.8) is 0 Å². The van der Waals surface area contributed by atoms with Crippen LogP contribution in [0.15, 0.2) is 30.3 Å². The standard InChI is InChI=1S/C17H22N2O2/c1-11-6-8-14(12(2)10-11)20-15-9-7-13(18)16(19-15)21-17(3,4)5/h6-10H,18H2,1-5H3. The maximum Gasteiger partial charge on any atom is 0.241 e. The van der Waals surface area contributed by atoms with Gasteiger partial charge < -0.3 is 15.2 Å². The molecule has 4 heteroatoms. The fourth-order valence-electron chi connectivity index (χ4n) is 1.89. The number of aryl methyl sites for hydroxylation is 2. The lowest BCUT2D eigenvalue weighted by atomic mass is 10.1. The summed E-state index contributed by atoms with van der Waals surface area (Å²) in [5.41, 5.74) is 8.29. The zero-order valence-corrected chi connectivity index (χ0v) is 13.2. The van der Waals surface area contributed by atoms with Crippen LogP contribution in [0.5, 0.6) is 17.5 Å². The summed E-state index contributed by atoms with van der Waals surface area (Å²) in [5.74, 6) is 1.64. The lowest BCUT2D eigenvalue weighted by molar-refractivity contribution is 0.124. The highest BCUT2D eigenvalue weighted by Crippen LogP contribution is 2.29. The van der Waals surface area contributed by atoms with Gasteiger partial charge in [-0.25, -0.2) is 0 Å². The first-order valence-electron chi connectivity index (χ1n) is 6.95. The fraction of sp³-hybridized carbons (Fsp3) is 0.353. The molecule has 0 atom stereocenters. The van der Waals surface area contributed by atoms with Crippen LogP contribution < -0.4 is 15.2 Å². The molecule has 0 unspecified atom stereocenters. The van der Waals surface area contributed by atoms with E-state index in [1.807, 2.05) is 46.8 Å². The Labute approximate surface area is 125 Å². The molecule has 0 saturated carbocycles. The highest BCUT2D eigenvalue weighted by Gasteiger charge is 2.16. The van der Waals surface area contributed by atoms with Gasteiger partial charge in [-0.05, 0) is 52.3 Å². The van der Waals surface area contributed by atoms with Crippen molar-refractivity contribution in [1.29, 1.82) is 0 Å². The van der Waals surface area contributed by atoms with Gasteiger partial charge in [0.05, 0.1) is 5.69 Å². The predicted octanol–water partition coefficient (Wildman–Crippen LogP) is 4.25. The number of benzene rings is 1. The van der Waals surface area contributed by atoms with Crippen molar-refractivity contribution in [2.75, 3.05) is 5.73 Å². The number of nitrogens with zero attached hydrogens (tertiary/aromatic N) is 1. The van der Waals surface area contributed by atoms with Crippen LogP contribution in [-0.4, -0.2) is 10.6 Å². The average molecular weight is 286 g/mol. The Morgan fingerprint density at radius 2 is 1.76 bits per heavy atom. The Morgan fingerprint density at radius 3 is 2.38 bits per heavy atom. The summed E-state index contributed by atoms with van der Waals surface area (Å²) >= 11 is 0. The minimum absolute atomic E-state index is 0.362. The second kappa shape index (κ2) is 5.64. The molecule has 0 amide bonds. The van der Waals surface area contributed by atoms with Gasteiger partial charge >= 0.3 is 0 Å². The summed E-state index contributed by atoms with van der Waals surface area (Å²) in [6.45, 7) is 9.91. The lowest BCUT2D eigenvalue weighted by Crippen LogP contribution is -2.24. The van der Waals surface area contributed by atoms with Crippen molar-refractivity contribution >= 4 is 5.69 Å². The molecule has 1 heterocycles. The monoisotopic (exact) mass is 286 g/mol. The minimum Gasteiger partial charge on any atom is -0.470 e. The van der Waals surface area contributed by atoms with Gasteiger partial charge in [-0.3, -0.25) is 0 Å². The molecular formula is C17H22N2O2. The molecule has 2 aromatic rings. The predicted molar refractivity (Wildman–Crippen MR) is 85.0 cm³/mol. The molecule has 21 heavy (non-hydrogen) atoms. The number of hydrogen-bond donors (Lipinski definition) is 1. The number of anilines is 1. The highest BCUT2D eigenvalue weighted by atomic mass is 16.5. The van der Waals surface area contributed by atoms with Crippen molar-refractivity contribution in [3.8, 4) is 17.5 Å². The van der Waals surface area contributed by atoms with Gasteiger partial charge in [-0.2, -0.15) is 4.98 Å². The van der Waals surface area contributed by atoms with Crippen LogP contribution in [-0.2, 0) is 0 Å². The Bertz CT molecular complexity index is 646. The van der Waals surface area contributed by atoms with E-state index in [1.54, 1.807) is 12.1 Å². The quantitative estimate of drug-likeness (QED) is 0.916. The second-order valence-electron chi connectivity index (χ2n) is 6.13.